The maximum atomic E-state index is 5.70. The second-order valence-electron chi connectivity index (χ2n) is 3.60. The number of rotatable bonds is 5. The zero-order valence-corrected chi connectivity index (χ0v) is 9.83. The molecular formula is C12H15N3S. The van der Waals surface area contributed by atoms with Crippen molar-refractivity contribution in [1.82, 2.24) is 10.3 Å². The van der Waals surface area contributed by atoms with Crippen LogP contribution in [-0.2, 0) is 13.0 Å². The Labute approximate surface area is 99.3 Å². The lowest BCUT2D eigenvalue weighted by molar-refractivity contribution is 0.685. The molecule has 0 fully saturated rings. The summed E-state index contributed by atoms with van der Waals surface area (Å²) in [6.07, 6.45) is 2.83. The summed E-state index contributed by atoms with van der Waals surface area (Å²) >= 11 is 1.70. The molecule has 0 aliphatic heterocycles. The molecule has 0 atom stereocenters. The minimum absolute atomic E-state index is 0.819. The Morgan fingerprint density at radius 2 is 2.31 bits per heavy atom. The summed E-state index contributed by atoms with van der Waals surface area (Å²) in [7, 11) is 0. The van der Waals surface area contributed by atoms with Gasteiger partial charge >= 0.3 is 0 Å². The molecule has 3 N–H and O–H groups in total. The first-order chi connectivity index (χ1) is 7.84. The summed E-state index contributed by atoms with van der Waals surface area (Å²) in [5, 5.41) is 6.57. The molecule has 2 rings (SSSR count). The molecule has 0 aliphatic rings. The number of nitrogens with zero attached hydrogens (tertiary/aromatic N) is 1. The van der Waals surface area contributed by atoms with E-state index in [0.29, 0.717) is 0 Å². The minimum atomic E-state index is 0.819. The summed E-state index contributed by atoms with van der Waals surface area (Å²) in [6, 6.07) is 7.95. The topological polar surface area (TPSA) is 50.9 Å². The molecule has 1 heterocycles. The van der Waals surface area contributed by atoms with E-state index in [1.807, 2.05) is 29.8 Å². The number of hydrogen-bond acceptors (Lipinski definition) is 4. The fraction of sp³-hybridized carbons (Fsp3) is 0.250. The predicted octanol–water partition coefficient (Wildman–Crippen LogP) is 2.06. The summed E-state index contributed by atoms with van der Waals surface area (Å²) in [5.41, 5.74) is 7.74. The van der Waals surface area contributed by atoms with Gasteiger partial charge in [0, 0.05) is 36.8 Å². The third kappa shape index (κ3) is 3.32. The first-order valence-electron chi connectivity index (χ1n) is 5.28. The first-order valence-corrected chi connectivity index (χ1v) is 6.16. The zero-order valence-electron chi connectivity index (χ0n) is 9.02. The van der Waals surface area contributed by atoms with Gasteiger partial charge in [-0.15, -0.1) is 11.3 Å². The van der Waals surface area contributed by atoms with Crippen molar-refractivity contribution in [1.29, 1.82) is 0 Å². The zero-order chi connectivity index (χ0) is 11.2. The van der Waals surface area contributed by atoms with E-state index in [9.17, 15) is 0 Å². The number of hydrogen-bond donors (Lipinski definition) is 2. The summed E-state index contributed by atoms with van der Waals surface area (Å²) < 4.78 is 0. The Bertz CT molecular complexity index is 426. The van der Waals surface area contributed by atoms with E-state index in [1.165, 1.54) is 10.6 Å². The molecule has 2 aromatic rings. The van der Waals surface area contributed by atoms with E-state index in [2.05, 4.69) is 16.4 Å². The molecule has 0 saturated carbocycles. The largest absolute Gasteiger partial charge is 0.399 e. The Balaban J connectivity index is 1.72. The Hall–Kier alpha value is -1.39. The van der Waals surface area contributed by atoms with E-state index < -0.39 is 0 Å². The highest BCUT2D eigenvalue weighted by atomic mass is 32.1. The Morgan fingerprint density at radius 3 is 3.06 bits per heavy atom. The highest BCUT2D eigenvalue weighted by Gasteiger charge is 1.96. The lowest BCUT2D eigenvalue weighted by Gasteiger charge is -2.04. The van der Waals surface area contributed by atoms with Crippen LogP contribution in [0.2, 0.25) is 0 Å². The van der Waals surface area contributed by atoms with Gasteiger partial charge in [-0.3, -0.25) is 0 Å². The first kappa shape index (κ1) is 11.1. The van der Waals surface area contributed by atoms with E-state index in [-0.39, 0.29) is 0 Å². The number of nitrogen functional groups attached to an aromatic ring is 1. The molecule has 0 spiro atoms. The molecule has 0 amide bonds. The molecule has 3 nitrogen and oxygen atoms in total. The van der Waals surface area contributed by atoms with Crippen molar-refractivity contribution in [2.45, 2.75) is 13.0 Å². The van der Waals surface area contributed by atoms with E-state index in [4.69, 9.17) is 5.73 Å². The van der Waals surface area contributed by atoms with Crippen molar-refractivity contribution in [3.8, 4) is 0 Å². The van der Waals surface area contributed by atoms with Crippen LogP contribution in [0.5, 0.6) is 0 Å². The summed E-state index contributed by atoms with van der Waals surface area (Å²) in [5.74, 6) is 0. The van der Waals surface area contributed by atoms with Crippen molar-refractivity contribution in [2.75, 3.05) is 12.3 Å². The third-order valence-corrected chi connectivity index (χ3v) is 3.12. The van der Waals surface area contributed by atoms with Gasteiger partial charge in [0.05, 0.1) is 5.01 Å². The van der Waals surface area contributed by atoms with Crippen molar-refractivity contribution in [3.05, 3.63) is 46.4 Å². The SMILES string of the molecule is Nc1cccc(CNCCc2nccs2)c1. The smallest absolute Gasteiger partial charge is 0.0937 e. The third-order valence-electron chi connectivity index (χ3n) is 2.28. The average Bonchev–Trinajstić information content (AvgIpc) is 2.77. The number of aromatic nitrogens is 1. The molecule has 1 aromatic heterocycles. The van der Waals surface area contributed by atoms with Crippen LogP contribution >= 0.6 is 11.3 Å². The number of anilines is 1. The van der Waals surface area contributed by atoms with Gasteiger partial charge in [-0.25, -0.2) is 4.98 Å². The fourth-order valence-corrected chi connectivity index (χ4v) is 2.13. The summed E-state index contributed by atoms with van der Waals surface area (Å²) in [4.78, 5) is 4.23. The number of nitrogens with two attached hydrogens (primary N) is 1. The van der Waals surface area contributed by atoms with Crippen molar-refractivity contribution in [3.63, 3.8) is 0 Å². The molecular weight excluding hydrogens is 218 g/mol. The van der Waals surface area contributed by atoms with Gasteiger partial charge in [0.25, 0.3) is 0 Å². The molecule has 4 heteroatoms. The Morgan fingerprint density at radius 1 is 1.38 bits per heavy atom. The van der Waals surface area contributed by atoms with Gasteiger partial charge < -0.3 is 11.1 Å². The van der Waals surface area contributed by atoms with Crippen LogP contribution in [0.1, 0.15) is 10.6 Å². The normalized spacial score (nSPS) is 10.5. The molecule has 0 radical (unpaired) electrons. The number of nitrogens with one attached hydrogen (secondary N) is 1. The van der Waals surface area contributed by atoms with Crippen LogP contribution in [0.3, 0.4) is 0 Å². The van der Waals surface area contributed by atoms with Crippen LogP contribution in [0.15, 0.2) is 35.8 Å². The molecule has 0 bridgehead atoms. The van der Waals surface area contributed by atoms with Crippen LogP contribution < -0.4 is 11.1 Å². The van der Waals surface area contributed by atoms with Crippen molar-refractivity contribution < 1.29 is 0 Å². The molecule has 0 saturated heterocycles. The highest BCUT2D eigenvalue weighted by molar-refractivity contribution is 7.09. The number of thiazole rings is 1. The standard InChI is InChI=1S/C12H15N3S/c13-11-3-1-2-10(8-11)9-14-5-4-12-15-6-7-16-12/h1-3,6-8,14H,4-5,9,13H2. The van der Waals surface area contributed by atoms with Gasteiger partial charge in [-0.1, -0.05) is 12.1 Å². The van der Waals surface area contributed by atoms with E-state index in [1.54, 1.807) is 11.3 Å². The lowest BCUT2D eigenvalue weighted by atomic mass is 10.2. The van der Waals surface area contributed by atoms with Gasteiger partial charge in [-0.2, -0.15) is 0 Å². The van der Waals surface area contributed by atoms with Crippen LogP contribution in [0, 0.1) is 0 Å². The van der Waals surface area contributed by atoms with E-state index in [0.717, 1.165) is 25.2 Å². The molecule has 0 unspecified atom stereocenters. The second-order valence-corrected chi connectivity index (χ2v) is 4.58. The van der Waals surface area contributed by atoms with Crippen molar-refractivity contribution >= 4 is 17.0 Å². The van der Waals surface area contributed by atoms with Gasteiger partial charge in [0.15, 0.2) is 0 Å². The van der Waals surface area contributed by atoms with E-state index >= 15 is 0 Å². The fourth-order valence-electron chi connectivity index (χ4n) is 1.51. The average molecular weight is 233 g/mol. The molecule has 0 aliphatic carbocycles. The lowest BCUT2D eigenvalue weighted by Crippen LogP contribution is -2.16. The summed E-state index contributed by atoms with van der Waals surface area (Å²) in [6.45, 7) is 1.80. The van der Waals surface area contributed by atoms with Gasteiger partial charge in [-0.05, 0) is 17.7 Å². The van der Waals surface area contributed by atoms with Gasteiger partial charge in [0.1, 0.15) is 0 Å². The Kier molecular flexibility index (Phi) is 3.91. The highest BCUT2D eigenvalue weighted by Crippen LogP contribution is 2.06. The van der Waals surface area contributed by atoms with Crippen LogP contribution in [0.25, 0.3) is 0 Å². The monoisotopic (exact) mass is 233 g/mol. The predicted molar refractivity (Wildman–Crippen MR) is 68.4 cm³/mol. The van der Waals surface area contributed by atoms with Crippen molar-refractivity contribution in [2.24, 2.45) is 0 Å². The maximum absolute atomic E-state index is 5.70. The maximum Gasteiger partial charge on any atom is 0.0937 e. The molecule has 16 heavy (non-hydrogen) atoms. The minimum Gasteiger partial charge on any atom is -0.399 e. The molecule has 1 aromatic carbocycles. The second kappa shape index (κ2) is 5.63. The van der Waals surface area contributed by atoms with Crippen LogP contribution in [-0.4, -0.2) is 11.5 Å². The molecule has 84 valence electrons. The number of benzene rings is 1. The van der Waals surface area contributed by atoms with Crippen LogP contribution in [0.4, 0.5) is 5.69 Å². The quantitative estimate of drug-likeness (QED) is 0.614. The van der Waals surface area contributed by atoms with Gasteiger partial charge in [0.2, 0.25) is 0 Å².